The number of halogens is 1. The molecule has 0 aliphatic heterocycles. The van der Waals surface area contributed by atoms with E-state index in [1.165, 1.54) is 15.9 Å². The van der Waals surface area contributed by atoms with Gasteiger partial charge in [0.05, 0.1) is 6.26 Å². The zero-order valence-corrected chi connectivity index (χ0v) is 14.4. The maximum Gasteiger partial charge on any atom is 0.233 e. The van der Waals surface area contributed by atoms with Gasteiger partial charge in [-0.3, -0.25) is 4.31 Å². The fourth-order valence-electron chi connectivity index (χ4n) is 1.66. The number of aliphatic hydroxyl groups is 1. The van der Waals surface area contributed by atoms with Crippen LogP contribution in [0.4, 0.5) is 0 Å². The van der Waals surface area contributed by atoms with E-state index in [1.54, 1.807) is 13.0 Å². The Hall–Kier alpha value is -1.05. The highest BCUT2D eigenvalue weighted by Crippen LogP contribution is 2.07. The first kappa shape index (κ1) is 19.9. The van der Waals surface area contributed by atoms with Gasteiger partial charge in [0, 0.05) is 18.5 Å². The molecule has 0 aliphatic rings. The molecule has 0 fully saturated rings. The van der Waals surface area contributed by atoms with Crippen LogP contribution >= 0.6 is 11.6 Å². The lowest BCUT2D eigenvalue weighted by Gasteiger charge is -2.22. The lowest BCUT2D eigenvalue weighted by molar-refractivity contribution is 0.197. The van der Waals surface area contributed by atoms with Gasteiger partial charge in [0.15, 0.2) is 0 Å². The zero-order valence-electron chi connectivity index (χ0n) is 12.9. The zero-order chi connectivity index (χ0) is 16.5. The van der Waals surface area contributed by atoms with Gasteiger partial charge in [0.25, 0.3) is 0 Å². The molecule has 0 rings (SSSR count). The summed E-state index contributed by atoms with van der Waals surface area (Å²) >= 11 is 5.40. The number of rotatable bonds is 8. The van der Waals surface area contributed by atoms with Crippen LogP contribution in [0.1, 0.15) is 33.6 Å². The first-order valence-electron chi connectivity index (χ1n) is 6.76. The molecular formula is C13H24ClN3O3S. The Morgan fingerprint density at radius 3 is 2.43 bits per heavy atom. The van der Waals surface area contributed by atoms with Crippen LogP contribution in [-0.4, -0.2) is 42.7 Å². The number of amidine groups is 1. The standard InChI is InChI=1S/C13H24ClN3O3S/c1-5-8-11(16-13(18)9-10-14)15-12(6-2)17(7-3)21(4,19)20/h8-10,13,16,18H,5-7H2,1-4H3/b10-9-,11-8+,15-12?. The largest absolute Gasteiger partial charge is 0.370 e. The summed E-state index contributed by atoms with van der Waals surface area (Å²) in [4.78, 5) is 4.32. The van der Waals surface area contributed by atoms with E-state index in [2.05, 4.69) is 10.3 Å². The summed E-state index contributed by atoms with van der Waals surface area (Å²) in [5.41, 5.74) is 1.19. The van der Waals surface area contributed by atoms with Crippen molar-refractivity contribution in [2.75, 3.05) is 12.8 Å². The average molecular weight is 338 g/mol. The van der Waals surface area contributed by atoms with E-state index in [4.69, 9.17) is 11.6 Å². The van der Waals surface area contributed by atoms with Gasteiger partial charge in [0.1, 0.15) is 17.9 Å². The van der Waals surface area contributed by atoms with Crippen LogP contribution < -0.4 is 5.32 Å². The highest BCUT2D eigenvalue weighted by atomic mass is 35.5. The van der Waals surface area contributed by atoms with E-state index in [9.17, 15) is 13.5 Å². The number of nitrogens with zero attached hydrogens (tertiary/aromatic N) is 2. The van der Waals surface area contributed by atoms with Gasteiger partial charge in [-0.1, -0.05) is 25.4 Å². The molecule has 1 atom stereocenters. The molecule has 0 bridgehead atoms. The maximum atomic E-state index is 11.8. The molecule has 0 aromatic rings. The predicted octanol–water partition coefficient (Wildman–Crippen LogP) is 1.99. The van der Waals surface area contributed by atoms with Crippen molar-refractivity contribution in [3.63, 3.8) is 0 Å². The second-order valence-corrected chi connectivity index (χ2v) is 6.37. The molecule has 0 saturated heterocycles. The van der Waals surface area contributed by atoms with Crippen LogP contribution in [0.5, 0.6) is 0 Å². The molecule has 122 valence electrons. The smallest absolute Gasteiger partial charge is 0.233 e. The van der Waals surface area contributed by atoms with Gasteiger partial charge in [0.2, 0.25) is 10.0 Å². The van der Waals surface area contributed by atoms with Crippen molar-refractivity contribution in [1.29, 1.82) is 0 Å². The Kier molecular flexibility index (Phi) is 9.32. The van der Waals surface area contributed by atoms with Gasteiger partial charge in [-0.2, -0.15) is 0 Å². The first-order valence-corrected chi connectivity index (χ1v) is 9.05. The molecule has 6 nitrogen and oxygen atoms in total. The Morgan fingerprint density at radius 2 is 2.05 bits per heavy atom. The second-order valence-electron chi connectivity index (χ2n) is 4.21. The fourth-order valence-corrected chi connectivity index (χ4v) is 2.82. The van der Waals surface area contributed by atoms with Gasteiger partial charge in [-0.15, -0.1) is 0 Å². The normalized spacial score (nSPS) is 15.3. The van der Waals surface area contributed by atoms with Gasteiger partial charge in [-0.05, 0) is 25.5 Å². The molecule has 0 aromatic heterocycles. The fraction of sp³-hybridized carbons (Fsp3) is 0.615. The molecule has 0 radical (unpaired) electrons. The third-order valence-corrected chi connectivity index (χ3v) is 3.90. The summed E-state index contributed by atoms with van der Waals surface area (Å²) < 4.78 is 24.7. The molecular weight excluding hydrogens is 314 g/mol. The first-order chi connectivity index (χ1) is 9.79. The molecule has 8 heteroatoms. The average Bonchev–Trinajstić information content (AvgIpc) is 2.37. The lowest BCUT2D eigenvalue weighted by atomic mass is 10.4. The molecule has 0 saturated carbocycles. The van der Waals surface area contributed by atoms with Crippen molar-refractivity contribution in [2.45, 2.75) is 39.8 Å². The lowest BCUT2D eigenvalue weighted by Crippen LogP contribution is -2.36. The van der Waals surface area contributed by atoms with Crippen molar-refractivity contribution < 1.29 is 13.5 Å². The summed E-state index contributed by atoms with van der Waals surface area (Å²) in [6, 6.07) is 0. The Morgan fingerprint density at radius 1 is 1.43 bits per heavy atom. The molecule has 21 heavy (non-hydrogen) atoms. The summed E-state index contributed by atoms with van der Waals surface area (Å²) in [5, 5.41) is 12.4. The van der Waals surface area contributed by atoms with Crippen LogP contribution in [0.15, 0.2) is 28.5 Å². The molecule has 0 aliphatic carbocycles. The van der Waals surface area contributed by atoms with Crippen molar-refractivity contribution in [2.24, 2.45) is 4.99 Å². The molecule has 1 unspecified atom stereocenters. The molecule has 0 spiro atoms. The van der Waals surface area contributed by atoms with Gasteiger partial charge < -0.3 is 10.4 Å². The maximum absolute atomic E-state index is 11.8. The molecule has 0 heterocycles. The third kappa shape index (κ3) is 7.50. The van der Waals surface area contributed by atoms with Crippen LogP contribution in [-0.2, 0) is 10.0 Å². The highest BCUT2D eigenvalue weighted by molar-refractivity contribution is 7.88. The number of nitrogens with one attached hydrogen (secondary N) is 1. The van der Waals surface area contributed by atoms with Crippen LogP contribution in [0.3, 0.4) is 0 Å². The Balaban J connectivity index is 5.45. The Bertz CT molecular complexity index is 501. The number of hydrogen-bond acceptors (Lipinski definition) is 5. The number of hydrogen-bond donors (Lipinski definition) is 2. The van der Waals surface area contributed by atoms with E-state index in [0.717, 1.165) is 6.26 Å². The van der Waals surface area contributed by atoms with Crippen LogP contribution in [0.25, 0.3) is 0 Å². The summed E-state index contributed by atoms with van der Waals surface area (Å²) in [6.07, 6.45) is 4.40. The van der Waals surface area contributed by atoms with Crippen molar-refractivity contribution in [3.8, 4) is 0 Å². The predicted molar refractivity (Wildman–Crippen MR) is 87.5 cm³/mol. The number of aliphatic hydroxyl groups excluding tert-OH is 1. The molecule has 0 amide bonds. The van der Waals surface area contributed by atoms with Gasteiger partial charge >= 0.3 is 0 Å². The van der Waals surface area contributed by atoms with Gasteiger partial charge in [-0.25, -0.2) is 13.4 Å². The van der Waals surface area contributed by atoms with E-state index < -0.39 is 16.3 Å². The van der Waals surface area contributed by atoms with E-state index >= 15 is 0 Å². The summed E-state index contributed by atoms with van der Waals surface area (Å²) in [6.45, 7) is 5.79. The van der Waals surface area contributed by atoms with Crippen molar-refractivity contribution >= 4 is 27.5 Å². The highest BCUT2D eigenvalue weighted by Gasteiger charge is 2.18. The van der Waals surface area contributed by atoms with Crippen molar-refractivity contribution in [1.82, 2.24) is 9.62 Å². The summed E-state index contributed by atoms with van der Waals surface area (Å²) in [5.74, 6) is 0.813. The third-order valence-electron chi connectivity index (χ3n) is 2.49. The minimum atomic E-state index is -3.38. The quantitative estimate of drug-likeness (QED) is 0.403. The monoisotopic (exact) mass is 337 g/mol. The number of sulfonamides is 1. The SMILES string of the molecule is CC/C=C(\N=C(CC)N(CC)S(C)(=O)=O)NC(O)/C=C\Cl. The number of aliphatic imine (C=N–C) groups is 1. The van der Waals surface area contributed by atoms with E-state index in [-0.39, 0.29) is 0 Å². The van der Waals surface area contributed by atoms with Crippen LogP contribution in [0.2, 0.25) is 0 Å². The number of allylic oxidation sites excluding steroid dienone is 1. The summed E-state index contributed by atoms with van der Waals surface area (Å²) in [7, 11) is -3.38. The van der Waals surface area contributed by atoms with Crippen molar-refractivity contribution in [3.05, 3.63) is 23.5 Å². The van der Waals surface area contributed by atoms with E-state index in [0.29, 0.717) is 31.0 Å². The second kappa shape index (κ2) is 9.81. The minimum absolute atomic E-state index is 0.301. The molecule has 2 N–H and O–H groups in total. The molecule has 0 aromatic carbocycles. The topological polar surface area (TPSA) is 82.0 Å². The van der Waals surface area contributed by atoms with E-state index in [1.807, 2.05) is 13.8 Å². The Labute approximate surface area is 132 Å². The van der Waals surface area contributed by atoms with Crippen LogP contribution in [0, 0.1) is 0 Å². The minimum Gasteiger partial charge on any atom is -0.370 e.